The average molecular weight is 222 g/mol. The van der Waals surface area contributed by atoms with Gasteiger partial charge in [-0.05, 0) is 37.1 Å². The van der Waals surface area contributed by atoms with Gasteiger partial charge < -0.3 is 16.6 Å². The summed E-state index contributed by atoms with van der Waals surface area (Å²) in [7, 11) is 0. The summed E-state index contributed by atoms with van der Waals surface area (Å²) >= 11 is 0. The minimum Gasteiger partial charge on any atom is -0.508 e. The lowest BCUT2D eigenvalue weighted by Crippen LogP contribution is -2.32. The first-order valence-corrected chi connectivity index (χ1v) is 5.39. The van der Waals surface area contributed by atoms with Crippen molar-refractivity contribution in [3.63, 3.8) is 0 Å². The van der Waals surface area contributed by atoms with Gasteiger partial charge in [-0.15, -0.1) is 0 Å². The van der Waals surface area contributed by atoms with Crippen LogP contribution in [0.1, 0.15) is 18.4 Å². The minimum atomic E-state index is -0.476. The van der Waals surface area contributed by atoms with Crippen LogP contribution in [0.3, 0.4) is 0 Å². The topological polar surface area (TPSA) is 89.3 Å². The van der Waals surface area contributed by atoms with Crippen LogP contribution >= 0.6 is 0 Å². The molecule has 5 N–H and O–H groups in total. The highest BCUT2D eigenvalue weighted by Crippen LogP contribution is 2.11. The molecule has 0 bridgehead atoms. The molecule has 1 aromatic rings. The third-order valence-electron chi connectivity index (χ3n) is 2.43. The number of benzene rings is 1. The number of Topliss-reactive ketones (excluding diaryl/α,β-unsaturated/α-hetero) is 1. The van der Waals surface area contributed by atoms with Gasteiger partial charge in [0.25, 0.3) is 0 Å². The molecule has 0 aliphatic heterocycles. The number of hydrogen-bond acceptors (Lipinski definition) is 4. The lowest BCUT2D eigenvalue weighted by molar-refractivity contribution is -0.120. The molecule has 1 aromatic carbocycles. The fourth-order valence-corrected chi connectivity index (χ4v) is 1.46. The van der Waals surface area contributed by atoms with Crippen molar-refractivity contribution in [2.75, 3.05) is 6.54 Å². The molecule has 0 heterocycles. The Morgan fingerprint density at radius 1 is 1.31 bits per heavy atom. The number of aromatic hydroxyl groups is 1. The van der Waals surface area contributed by atoms with Crippen molar-refractivity contribution in [2.24, 2.45) is 11.5 Å². The lowest BCUT2D eigenvalue weighted by atomic mass is 10.0. The van der Waals surface area contributed by atoms with Gasteiger partial charge in [-0.1, -0.05) is 12.1 Å². The van der Waals surface area contributed by atoms with Gasteiger partial charge in [0, 0.05) is 6.42 Å². The third kappa shape index (κ3) is 4.00. The Morgan fingerprint density at radius 2 is 1.94 bits per heavy atom. The molecule has 1 atom stereocenters. The zero-order valence-electron chi connectivity index (χ0n) is 9.23. The van der Waals surface area contributed by atoms with Crippen LogP contribution in [0.2, 0.25) is 0 Å². The monoisotopic (exact) mass is 222 g/mol. The van der Waals surface area contributed by atoms with Gasteiger partial charge >= 0.3 is 0 Å². The smallest absolute Gasteiger partial charge is 0.149 e. The highest BCUT2D eigenvalue weighted by molar-refractivity contribution is 5.84. The maximum Gasteiger partial charge on any atom is 0.149 e. The zero-order valence-corrected chi connectivity index (χ0v) is 9.23. The molecule has 0 aromatic heterocycles. The van der Waals surface area contributed by atoms with E-state index in [1.165, 1.54) is 0 Å². The van der Waals surface area contributed by atoms with E-state index in [9.17, 15) is 4.79 Å². The van der Waals surface area contributed by atoms with E-state index in [1.807, 2.05) is 0 Å². The Balaban J connectivity index is 2.47. The van der Waals surface area contributed by atoms with Crippen molar-refractivity contribution in [2.45, 2.75) is 25.3 Å². The highest BCUT2D eigenvalue weighted by Gasteiger charge is 2.13. The highest BCUT2D eigenvalue weighted by atomic mass is 16.3. The third-order valence-corrected chi connectivity index (χ3v) is 2.43. The van der Waals surface area contributed by atoms with Crippen molar-refractivity contribution in [3.05, 3.63) is 29.8 Å². The van der Waals surface area contributed by atoms with Crippen molar-refractivity contribution < 1.29 is 9.90 Å². The van der Waals surface area contributed by atoms with E-state index in [4.69, 9.17) is 16.6 Å². The number of nitrogens with two attached hydrogens (primary N) is 2. The summed E-state index contributed by atoms with van der Waals surface area (Å²) < 4.78 is 0. The predicted octanol–water partition coefficient (Wildman–Crippen LogP) is 0.570. The SMILES string of the molecule is NCCCC(=O)C(N)Cc1ccc(O)cc1. The predicted molar refractivity (Wildman–Crippen MR) is 63.1 cm³/mol. The molecule has 0 radical (unpaired) electrons. The van der Waals surface area contributed by atoms with Crippen molar-refractivity contribution >= 4 is 5.78 Å². The van der Waals surface area contributed by atoms with Crippen LogP contribution in [-0.4, -0.2) is 23.5 Å². The molecule has 88 valence electrons. The van der Waals surface area contributed by atoms with Gasteiger partial charge in [-0.3, -0.25) is 4.79 Å². The Morgan fingerprint density at radius 3 is 2.50 bits per heavy atom. The molecule has 0 saturated heterocycles. The first kappa shape index (κ1) is 12.7. The summed E-state index contributed by atoms with van der Waals surface area (Å²) in [6.45, 7) is 0.512. The van der Waals surface area contributed by atoms with E-state index < -0.39 is 6.04 Å². The first-order chi connectivity index (χ1) is 7.63. The second-order valence-electron chi connectivity index (χ2n) is 3.84. The normalized spacial score (nSPS) is 12.4. The van der Waals surface area contributed by atoms with Crippen molar-refractivity contribution in [3.8, 4) is 5.75 Å². The molecule has 4 nitrogen and oxygen atoms in total. The van der Waals surface area contributed by atoms with Gasteiger partial charge in [-0.2, -0.15) is 0 Å². The molecule has 0 spiro atoms. The Labute approximate surface area is 95.3 Å². The number of ketones is 1. The van der Waals surface area contributed by atoms with Gasteiger partial charge in [0.2, 0.25) is 0 Å². The van der Waals surface area contributed by atoms with E-state index in [2.05, 4.69) is 0 Å². The molecular weight excluding hydrogens is 204 g/mol. The van der Waals surface area contributed by atoms with Crippen LogP contribution < -0.4 is 11.5 Å². The van der Waals surface area contributed by atoms with E-state index in [0.717, 1.165) is 5.56 Å². The average Bonchev–Trinajstić information content (AvgIpc) is 2.29. The summed E-state index contributed by atoms with van der Waals surface area (Å²) in [5.41, 5.74) is 12.1. The maximum atomic E-state index is 11.5. The number of phenols is 1. The number of rotatable bonds is 6. The molecule has 0 aliphatic carbocycles. The van der Waals surface area contributed by atoms with Crippen LogP contribution in [0.25, 0.3) is 0 Å². The lowest BCUT2D eigenvalue weighted by Gasteiger charge is -2.10. The molecule has 1 rings (SSSR count). The van der Waals surface area contributed by atoms with Crippen LogP contribution in [0.15, 0.2) is 24.3 Å². The number of phenolic OH excluding ortho intramolecular Hbond substituents is 1. The molecule has 0 fully saturated rings. The zero-order chi connectivity index (χ0) is 12.0. The Kier molecular flexibility index (Phi) is 4.95. The second kappa shape index (κ2) is 6.25. The minimum absolute atomic E-state index is 0.0403. The first-order valence-electron chi connectivity index (χ1n) is 5.39. The fraction of sp³-hybridized carbons (Fsp3) is 0.417. The second-order valence-corrected chi connectivity index (χ2v) is 3.84. The molecule has 0 saturated carbocycles. The van der Waals surface area contributed by atoms with E-state index in [0.29, 0.717) is 25.8 Å². The van der Waals surface area contributed by atoms with Crippen molar-refractivity contribution in [1.82, 2.24) is 0 Å². The molecule has 4 heteroatoms. The van der Waals surface area contributed by atoms with Gasteiger partial charge in [0.15, 0.2) is 0 Å². The summed E-state index contributed by atoms with van der Waals surface area (Å²) in [5.74, 6) is 0.255. The van der Waals surface area contributed by atoms with Crippen LogP contribution in [-0.2, 0) is 11.2 Å². The summed E-state index contributed by atoms with van der Waals surface area (Å²) in [6.07, 6.45) is 1.63. The quantitative estimate of drug-likeness (QED) is 0.656. The molecular formula is C12H18N2O2. The largest absolute Gasteiger partial charge is 0.508 e. The molecule has 16 heavy (non-hydrogen) atoms. The van der Waals surface area contributed by atoms with Gasteiger partial charge in [-0.25, -0.2) is 0 Å². The van der Waals surface area contributed by atoms with Crippen LogP contribution in [0, 0.1) is 0 Å². The summed E-state index contributed by atoms with van der Waals surface area (Å²) in [6, 6.07) is 6.24. The van der Waals surface area contributed by atoms with Crippen LogP contribution in [0.4, 0.5) is 0 Å². The van der Waals surface area contributed by atoms with Crippen molar-refractivity contribution in [1.29, 1.82) is 0 Å². The maximum absolute atomic E-state index is 11.5. The number of carbonyl (C=O) groups is 1. The number of carbonyl (C=O) groups excluding carboxylic acids is 1. The van der Waals surface area contributed by atoms with E-state index >= 15 is 0 Å². The summed E-state index contributed by atoms with van der Waals surface area (Å²) in [4.78, 5) is 11.5. The van der Waals surface area contributed by atoms with E-state index in [1.54, 1.807) is 24.3 Å². The standard InChI is InChI=1S/C12H18N2O2/c13-7-1-2-12(16)11(14)8-9-3-5-10(15)6-4-9/h3-6,11,15H,1-2,7-8,13-14H2. The van der Waals surface area contributed by atoms with Gasteiger partial charge in [0.1, 0.15) is 11.5 Å². The summed E-state index contributed by atoms with van der Waals surface area (Å²) in [5, 5.41) is 9.10. The molecule has 0 aliphatic rings. The molecule has 1 unspecified atom stereocenters. The fourth-order valence-electron chi connectivity index (χ4n) is 1.46. The molecule has 0 amide bonds. The Hall–Kier alpha value is -1.39. The number of hydrogen-bond donors (Lipinski definition) is 3. The van der Waals surface area contributed by atoms with E-state index in [-0.39, 0.29) is 11.5 Å². The Bertz CT molecular complexity index is 335. The van der Waals surface area contributed by atoms with Crippen LogP contribution in [0.5, 0.6) is 5.75 Å². The van der Waals surface area contributed by atoms with Gasteiger partial charge in [0.05, 0.1) is 6.04 Å².